The third-order valence-electron chi connectivity index (χ3n) is 4.32. The lowest BCUT2D eigenvalue weighted by Gasteiger charge is -2.12. The van der Waals surface area contributed by atoms with Crippen LogP contribution in [-0.2, 0) is 17.8 Å². The van der Waals surface area contributed by atoms with E-state index in [9.17, 15) is 0 Å². The largest absolute Gasteiger partial charge is 0.380 e. The van der Waals surface area contributed by atoms with Gasteiger partial charge in [0.2, 0.25) is 0 Å². The van der Waals surface area contributed by atoms with Gasteiger partial charge in [-0.05, 0) is 30.0 Å². The number of nitrogens with zero attached hydrogens (tertiary/aromatic N) is 1. The van der Waals surface area contributed by atoms with Gasteiger partial charge in [-0.3, -0.25) is 4.99 Å². The zero-order valence-electron chi connectivity index (χ0n) is 13.9. The van der Waals surface area contributed by atoms with Crippen molar-refractivity contribution in [1.82, 2.24) is 0 Å². The third kappa shape index (κ3) is 4.48. The Morgan fingerprint density at radius 3 is 2.79 bits per heavy atom. The highest BCUT2D eigenvalue weighted by Gasteiger charge is 2.21. The van der Waals surface area contributed by atoms with Gasteiger partial charge in [0.25, 0.3) is 0 Å². The van der Waals surface area contributed by atoms with Crippen LogP contribution in [-0.4, -0.2) is 19.6 Å². The minimum absolute atomic E-state index is 0. The second-order valence-electron chi connectivity index (χ2n) is 5.88. The SMILES string of the molecule is COCc1ccccc1NC(N)=NCC1CCc2ccccc21.I. The highest BCUT2D eigenvalue weighted by atomic mass is 127. The van der Waals surface area contributed by atoms with Crippen molar-refractivity contribution < 1.29 is 4.74 Å². The molecule has 0 heterocycles. The fourth-order valence-corrected chi connectivity index (χ4v) is 3.14. The van der Waals surface area contributed by atoms with E-state index in [1.54, 1.807) is 7.11 Å². The van der Waals surface area contributed by atoms with Gasteiger partial charge in [0.05, 0.1) is 6.61 Å². The monoisotopic (exact) mass is 437 g/mol. The minimum Gasteiger partial charge on any atom is -0.380 e. The molecule has 4 nitrogen and oxygen atoms in total. The normalized spacial score (nSPS) is 16.4. The minimum atomic E-state index is 0. The van der Waals surface area contributed by atoms with Crippen LogP contribution < -0.4 is 11.1 Å². The molecule has 1 aliphatic carbocycles. The van der Waals surface area contributed by atoms with Crippen molar-refractivity contribution in [3.63, 3.8) is 0 Å². The Hall–Kier alpha value is -1.60. The summed E-state index contributed by atoms with van der Waals surface area (Å²) < 4.78 is 5.21. The summed E-state index contributed by atoms with van der Waals surface area (Å²) in [7, 11) is 1.69. The molecule has 0 aliphatic heterocycles. The van der Waals surface area contributed by atoms with Crippen molar-refractivity contribution in [2.24, 2.45) is 10.7 Å². The molecule has 128 valence electrons. The van der Waals surface area contributed by atoms with E-state index in [4.69, 9.17) is 10.5 Å². The summed E-state index contributed by atoms with van der Waals surface area (Å²) >= 11 is 0. The maximum absolute atomic E-state index is 6.07. The number of halogens is 1. The van der Waals surface area contributed by atoms with Crippen LogP contribution in [0.5, 0.6) is 0 Å². The zero-order chi connectivity index (χ0) is 16.1. The molecule has 0 aromatic heterocycles. The number of ether oxygens (including phenoxy) is 1. The number of fused-ring (bicyclic) bond motifs is 1. The van der Waals surface area contributed by atoms with Crippen LogP contribution >= 0.6 is 24.0 Å². The Morgan fingerprint density at radius 2 is 1.96 bits per heavy atom. The van der Waals surface area contributed by atoms with Crippen molar-refractivity contribution in [2.75, 3.05) is 19.0 Å². The Balaban J connectivity index is 0.00000208. The molecule has 0 amide bonds. The highest BCUT2D eigenvalue weighted by molar-refractivity contribution is 14.0. The summed E-state index contributed by atoms with van der Waals surface area (Å²) in [5.74, 6) is 0.929. The molecular formula is C19H24IN3O. The average molecular weight is 437 g/mol. The molecule has 0 saturated heterocycles. The van der Waals surface area contributed by atoms with Gasteiger partial charge in [-0.2, -0.15) is 0 Å². The van der Waals surface area contributed by atoms with E-state index in [1.165, 1.54) is 11.1 Å². The first-order valence-electron chi connectivity index (χ1n) is 7.99. The molecule has 0 spiro atoms. The van der Waals surface area contributed by atoms with Crippen LogP contribution in [0.1, 0.15) is 29.0 Å². The predicted molar refractivity (Wildman–Crippen MR) is 110 cm³/mol. The number of methoxy groups -OCH3 is 1. The molecule has 1 unspecified atom stereocenters. The number of anilines is 1. The molecule has 3 N–H and O–H groups in total. The average Bonchev–Trinajstić information content (AvgIpc) is 2.98. The number of aliphatic imine (C=N–C) groups is 1. The fraction of sp³-hybridized carbons (Fsp3) is 0.316. The van der Waals surface area contributed by atoms with Crippen LogP contribution in [0.25, 0.3) is 0 Å². The molecule has 0 fully saturated rings. The van der Waals surface area contributed by atoms with Gasteiger partial charge in [-0.1, -0.05) is 42.5 Å². The van der Waals surface area contributed by atoms with Crippen molar-refractivity contribution in [3.05, 3.63) is 65.2 Å². The van der Waals surface area contributed by atoms with E-state index >= 15 is 0 Å². The molecule has 1 atom stereocenters. The van der Waals surface area contributed by atoms with Crippen LogP contribution in [0.4, 0.5) is 5.69 Å². The van der Waals surface area contributed by atoms with Gasteiger partial charge in [-0.15, -0.1) is 24.0 Å². The Morgan fingerprint density at radius 1 is 1.21 bits per heavy atom. The van der Waals surface area contributed by atoms with E-state index in [1.807, 2.05) is 24.3 Å². The summed E-state index contributed by atoms with van der Waals surface area (Å²) in [5.41, 5.74) is 11.0. The van der Waals surface area contributed by atoms with Gasteiger partial charge < -0.3 is 15.8 Å². The first-order chi connectivity index (χ1) is 11.3. The van der Waals surface area contributed by atoms with Crippen molar-refractivity contribution in [2.45, 2.75) is 25.4 Å². The van der Waals surface area contributed by atoms with Crippen LogP contribution in [0.3, 0.4) is 0 Å². The van der Waals surface area contributed by atoms with E-state index in [-0.39, 0.29) is 24.0 Å². The first kappa shape index (κ1) is 18.7. The Kier molecular flexibility index (Phi) is 7.05. The third-order valence-corrected chi connectivity index (χ3v) is 4.32. The first-order valence-corrected chi connectivity index (χ1v) is 7.99. The number of hydrogen-bond donors (Lipinski definition) is 2. The summed E-state index contributed by atoms with van der Waals surface area (Å²) in [6.45, 7) is 1.27. The number of para-hydroxylation sites is 1. The Bertz CT molecular complexity index is 703. The lowest BCUT2D eigenvalue weighted by atomic mass is 10.0. The van der Waals surface area contributed by atoms with Gasteiger partial charge in [0, 0.05) is 30.8 Å². The van der Waals surface area contributed by atoms with Gasteiger partial charge in [0.15, 0.2) is 5.96 Å². The summed E-state index contributed by atoms with van der Waals surface area (Å²) in [5, 5.41) is 3.19. The summed E-state index contributed by atoms with van der Waals surface area (Å²) in [6.07, 6.45) is 2.29. The molecule has 0 radical (unpaired) electrons. The number of rotatable bonds is 5. The van der Waals surface area contributed by atoms with Crippen LogP contribution in [0, 0.1) is 0 Å². The van der Waals surface area contributed by atoms with Crippen LogP contribution in [0.2, 0.25) is 0 Å². The van der Waals surface area contributed by atoms with Gasteiger partial charge in [-0.25, -0.2) is 0 Å². The number of aryl methyl sites for hydroxylation is 1. The predicted octanol–water partition coefficient (Wildman–Crippen LogP) is 3.91. The molecule has 1 aliphatic rings. The molecule has 3 rings (SSSR count). The standard InChI is InChI=1S/C19H23N3O.HI/c1-23-13-16-7-3-5-9-18(16)22-19(20)21-12-15-11-10-14-6-2-4-8-17(14)15;/h2-9,15H,10-13H2,1H3,(H3,20,21,22);1H. The Labute approximate surface area is 160 Å². The van der Waals surface area contributed by atoms with E-state index in [0.717, 1.165) is 30.6 Å². The molecule has 2 aromatic carbocycles. The topological polar surface area (TPSA) is 59.6 Å². The molecule has 24 heavy (non-hydrogen) atoms. The number of guanidine groups is 1. The van der Waals surface area contributed by atoms with E-state index in [2.05, 4.69) is 34.6 Å². The van der Waals surface area contributed by atoms with Crippen molar-refractivity contribution in [3.8, 4) is 0 Å². The fourth-order valence-electron chi connectivity index (χ4n) is 3.14. The molecule has 2 aromatic rings. The number of nitrogens with one attached hydrogen (secondary N) is 1. The maximum atomic E-state index is 6.07. The quantitative estimate of drug-likeness (QED) is 0.424. The number of benzene rings is 2. The lowest BCUT2D eigenvalue weighted by Crippen LogP contribution is -2.24. The molecule has 5 heteroatoms. The number of hydrogen-bond acceptors (Lipinski definition) is 2. The highest BCUT2D eigenvalue weighted by Crippen LogP contribution is 2.32. The second kappa shape index (κ2) is 9.03. The van der Waals surface area contributed by atoms with Crippen molar-refractivity contribution in [1.29, 1.82) is 0 Å². The van der Waals surface area contributed by atoms with E-state index < -0.39 is 0 Å². The van der Waals surface area contributed by atoms with Gasteiger partial charge >= 0.3 is 0 Å². The molecular weight excluding hydrogens is 413 g/mol. The molecule has 0 bridgehead atoms. The van der Waals surface area contributed by atoms with Gasteiger partial charge in [0.1, 0.15) is 0 Å². The zero-order valence-corrected chi connectivity index (χ0v) is 16.2. The van der Waals surface area contributed by atoms with Crippen LogP contribution in [0.15, 0.2) is 53.5 Å². The summed E-state index contributed by atoms with van der Waals surface area (Å²) in [6, 6.07) is 16.6. The lowest BCUT2D eigenvalue weighted by molar-refractivity contribution is 0.185. The smallest absolute Gasteiger partial charge is 0.193 e. The maximum Gasteiger partial charge on any atom is 0.193 e. The molecule has 0 saturated carbocycles. The summed E-state index contributed by atoms with van der Waals surface area (Å²) in [4.78, 5) is 4.54. The second-order valence-corrected chi connectivity index (χ2v) is 5.88. The number of nitrogens with two attached hydrogens (primary N) is 1. The van der Waals surface area contributed by atoms with Crippen molar-refractivity contribution >= 4 is 35.6 Å². The van der Waals surface area contributed by atoms with E-state index in [0.29, 0.717) is 18.5 Å².